The van der Waals surface area contributed by atoms with E-state index in [9.17, 15) is 14.7 Å². The number of rotatable bonds is 5. The molecule has 1 fully saturated rings. The molecule has 3 N–H and O–H groups in total. The van der Waals surface area contributed by atoms with Gasteiger partial charge in [0.25, 0.3) is 0 Å². The molecule has 114 valence electrons. The fraction of sp³-hybridized carbons (Fsp3) is 0.500. The molecule has 0 spiro atoms. The van der Waals surface area contributed by atoms with E-state index in [1.807, 2.05) is 30.3 Å². The van der Waals surface area contributed by atoms with Crippen molar-refractivity contribution >= 4 is 12.0 Å². The number of hydrogen-bond acceptors (Lipinski definition) is 2. The van der Waals surface area contributed by atoms with E-state index in [1.165, 1.54) is 0 Å². The summed E-state index contributed by atoms with van der Waals surface area (Å²) in [6.45, 7) is 2.16. The number of aliphatic carboxylic acids is 1. The predicted molar refractivity (Wildman–Crippen MR) is 80.0 cm³/mol. The lowest BCUT2D eigenvalue weighted by molar-refractivity contribution is -0.139. The van der Waals surface area contributed by atoms with Crippen LogP contribution in [-0.4, -0.2) is 29.2 Å². The summed E-state index contributed by atoms with van der Waals surface area (Å²) < 4.78 is 0. The molecule has 5 nitrogen and oxygen atoms in total. The number of urea groups is 1. The van der Waals surface area contributed by atoms with Gasteiger partial charge in [-0.1, -0.05) is 37.3 Å². The Morgan fingerprint density at radius 1 is 1.29 bits per heavy atom. The third kappa shape index (κ3) is 4.77. The highest BCUT2D eigenvalue weighted by molar-refractivity contribution is 5.82. The van der Waals surface area contributed by atoms with Crippen LogP contribution in [0.5, 0.6) is 0 Å². The Hall–Kier alpha value is -2.04. The Kier molecular flexibility index (Phi) is 5.20. The van der Waals surface area contributed by atoms with Gasteiger partial charge in [0.2, 0.25) is 0 Å². The van der Waals surface area contributed by atoms with Crippen molar-refractivity contribution in [3.05, 3.63) is 35.9 Å². The standard InChI is InChI=1S/C16H22N2O3/c1-11-7-8-13(9-11)17-16(21)18-14(15(19)20)10-12-5-3-2-4-6-12/h2-6,11,13-14H,7-10H2,1H3,(H,19,20)(H2,17,18,21)/t11?,13?,14-/m0/s1. The van der Waals surface area contributed by atoms with Crippen molar-refractivity contribution in [1.29, 1.82) is 0 Å². The van der Waals surface area contributed by atoms with Crippen molar-refractivity contribution in [2.45, 2.75) is 44.7 Å². The molecule has 2 unspecified atom stereocenters. The van der Waals surface area contributed by atoms with Crippen LogP contribution in [-0.2, 0) is 11.2 Å². The monoisotopic (exact) mass is 290 g/mol. The fourth-order valence-electron chi connectivity index (χ4n) is 2.77. The highest BCUT2D eigenvalue weighted by atomic mass is 16.4. The van der Waals surface area contributed by atoms with Crippen LogP contribution in [0.2, 0.25) is 0 Å². The molecule has 2 rings (SSSR count). The molecule has 0 saturated heterocycles. The third-order valence-electron chi connectivity index (χ3n) is 3.92. The van der Waals surface area contributed by atoms with Gasteiger partial charge in [-0.05, 0) is 30.7 Å². The molecule has 1 saturated carbocycles. The Morgan fingerprint density at radius 3 is 2.57 bits per heavy atom. The number of carboxylic acid groups (broad SMARTS) is 1. The lowest BCUT2D eigenvalue weighted by Gasteiger charge is -2.18. The summed E-state index contributed by atoms with van der Waals surface area (Å²) in [4.78, 5) is 23.2. The van der Waals surface area contributed by atoms with Gasteiger partial charge in [0.1, 0.15) is 6.04 Å². The smallest absolute Gasteiger partial charge is 0.326 e. The van der Waals surface area contributed by atoms with Crippen LogP contribution >= 0.6 is 0 Å². The average Bonchev–Trinajstić information content (AvgIpc) is 2.84. The van der Waals surface area contributed by atoms with Crippen molar-refractivity contribution < 1.29 is 14.7 Å². The molecule has 0 heterocycles. The first-order chi connectivity index (χ1) is 10.0. The van der Waals surface area contributed by atoms with Crippen molar-refractivity contribution in [1.82, 2.24) is 10.6 Å². The third-order valence-corrected chi connectivity index (χ3v) is 3.92. The molecule has 2 amide bonds. The Balaban J connectivity index is 1.87. The van der Waals surface area contributed by atoms with E-state index < -0.39 is 18.0 Å². The van der Waals surface area contributed by atoms with Gasteiger partial charge in [0, 0.05) is 12.5 Å². The van der Waals surface area contributed by atoms with Gasteiger partial charge in [-0.3, -0.25) is 0 Å². The van der Waals surface area contributed by atoms with E-state index in [2.05, 4.69) is 17.6 Å². The minimum Gasteiger partial charge on any atom is -0.480 e. The SMILES string of the molecule is CC1CCC(NC(=O)N[C@@H](Cc2ccccc2)C(=O)O)C1. The van der Waals surface area contributed by atoms with E-state index in [4.69, 9.17) is 0 Å². The van der Waals surface area contributed by atoms with Crippen LogP contribution < -0.4 is 10.6 Å². The first-order valence-electron chi connectivity index (χ1n) is 7.38. The Bertz CT molecular complexity index is 490. The highest BCUT2D eigenvalue weighted by Gasteiger charge is 2.25. The van der Waals surface area contributed by atoms with E-state index in [0.29, 0.717) is 5.92 Å². The van der Waals surface area contributed by atoms with Gasteiger partial charge >= 0.3 is 12.0 Å². The molecule has 1 aromatic carbocycles. The second-order valence-corrected chi connectivity index (χ2v) is 5.81. The molecular formula is C16H22N2O3. The van der Waals surface area contributed by atoms with Gasteiger partial charge in [0.05, 0.1) is 0 Å². The highest BCUT2D eigenvalue weighted by Crippen LogP contribution is 2.24. The van der Waals surface area contributed by atoms with Crippen molar-refractivity contribution in [3.63, 3.8) is 0 Å². The molecular weight excluding hydrogens is 268 g/mol. The maximum absolute atomic E-state index is 11.9. The molecule has 0 bridgehead atoms. The number of carbonyl (C=O) groups excluding carboxylic acids is 1. The maximum Gasteiger partial charge on any atom is 0.326 e. The van der Waals surface area contributed by atoms with Crippen molar-refractivity contribution in [2.75, 3.05) is 0 Å². The summed E-state index contributed by atoms with van der Waals surface area (Å²) in [6.07, 6.45) is 3.32. The Morgan fingerprint density at radius 2 is 2.00 bits per heavy atom. The number of carboxylic acids is 1. The van der Waals surface area contributed by atoms with Gasteiger partial charge in [-0.25, -0.2) is 9.59 Å². The molecule has 3 atom stereocenters. The minimum absolute atomic E-state index is 0.158. The summed E-state index contributed by atoms with van der Waals surface area (Å²) in [5, 5.41) is 14.7. The first-order valence-corrected chi connectivity index (χ1v) is 7.38. The van der Waals surface area contributed by atoms with Gasteiger partial charge in [-0.2, -0.15) is 0 Å². The van der Waals surface area contributed by atoms with Crippen LogP contribution in [0.3, 0.4) is 0 Å². The number of amides is 2. The summed E-state index contributed by atoms with van der Waals surface area (Å²) in [6, 6.07) is 8.15. The zero-order chi connectivity index (χ0) is 15.2. The van der Waals surface area contributed by atoms with E-state index >= 15 is 0 Å². The Labute approximate surface area is 124 Å². The largest absolute Gasteiger partial charge is 0.480 e. The van der Waals surface area contributed by atoms with Gasteiger partial charge in [0.15, 0.2) is 0 Å². The number of benzene rings is 1. The number of carbonyl (C=O) groups is 2. The zero-order valence-corrected chi connectivity index (χ0v) is 12.2. The zero-order valence-electron chi connectivity index (χ0n) is 12.2. The second-order valence-electron chi connectivity index (χ2n) is 5.81. The first kappa shape index (κ1) is 15.4. The molecule has 0 radical (unpaired) electrons. The van der Waals surface area contributed by atoms with Crippen molar-refractivity contribution in [3.8, 4) is 0 Å². The minimum atomic E-state index is -1.02. The molecule has 5 heteroatoms. The van der Waals surface area contributed by atoms with Crippen LogP contribution in [0, 0.1) is 5.92 Å². The lowest BCUT2D eigenvalue weighted by atomic mass is 10.1. The average molecular weight is 290 g/mol. The topological polar surface area (TPSA) is 78.4 Å². The molecule has 0 aromatic heterocycles. The maximum atomic E-state index is 11.9. The van der Waals surface area contributed by atoms with Crippen LogP contribution in [0.4, 0.5) is 4.79 Å². The lowest BCUT2D eigenvalue weighted by Crippen LogP contribution is -2.49. The number of hydrogen-bond donors (Lipinski definition) is 3. The van der Waals surface area contributed by atoms with Gasteiger partial charge < -0.3 is 15.7 Å². The van der Waals surface area contributed by atoms with Crippen LogP contribution in [0.1, 0.15) is 31.7 Å². The fourth-order valence-corrected chi connectivity index (χ4v) is 2.77. The molecule has 1 aromatic rings. The second kappa shape index (κ2) is 7.11. The summed E-state index contributed by atoms with van der Waals surface area (Å²) >= 11 is 0. The normalized spacial score (nSPS) is 22.5. The van der Waals surface area contributed by atoms with E-state index in [-0.39, 0.29) is 12.5 Å². The molecule has 1 aliphatic rings. The van der Waals surface area contributed by atoms with E-state index in [1.54, 1.807) is 0 Å². The molecule has 21 heavy (non-hydrogen) atoms. The number of nitrogens with one attached hydrogen (secondary N) is 2. The molecule has 1 aliphatic carbocycles. The van der Waals surface area contributed by atoms with Crippen LogP contribution in [0.15, 0.2) is 30.3 Å². The van der Waals surface area contributed by atoms with Crippen molar-refractivity contribution in [2.24, 2.45) is 5.92 Å². The molecule has 0 aliphatic heterocycles. The van der Waals surface area contributed by atoms with Gasteiger partial charge in [-0.15, -0.1) is 0 Å². The predicted octanol–water partition coefficient (Wildman–Crippen LogP) is 2.17. The van der Waals surface area contributed by atoms with E-state index in [0.717, 1.165) is 24.8 Å². The van der Waals surface area contributed by atoms with Crippen LogP contribution in [0.25, 0.3) is 0 Å². The summed E-state index contributed by atoms with van der Waals surface area (Å²) in [5.74, 6) is -0.399. The summed E-state index contributed by atoms with van der Waals surface area (Å²) in [5.41, 5.74) is 0.889. The summed E-state index contributed by atoms with van der Waals surface area (Å²) in [7, 11) is 0. The quantitative estimate of drug-likeness (QED) is 0.777.